The largest absolute Gasteiger partial charge is 0.451 e. The molecule has 9 heteroatoms. The van der Waals surface area contributed by atoms with Crippen LogP contribution >= 0.6 is 0 Å². The molecule has 0 saturated heterocycles. The molecular formula is C13H14F3N5O. The molecule has 1 aromatic heterocycles. The van der Waals surface area contributed by atoms with Crippen LogP contribution in [0.2, 0.25) is 0 Å². The number of amides is 2. The first-order chi connectivity index (χ1) is 10.4. The van der Waals surface area contributed by atoms with Crippen molar-refractivity contribution in [1.29, 1.82) is 0 Å². The number of rotatable bonds is 4. The lowest BCUT2D eigenvalue weighted by atomic mass is 10.2. The van der Waals surface area contributed by atoms with Crippen LogP contribution in [0, 0.1) is 0 Å². The van der Waals surface area contributed by atoms with Crippen LogP contribution in [0.5, 0.6) is 0 Å². The van der Waals surface area contributed by atoms with Crippen molar-refractivity contribution >= 4 is 22.8 Å². The number of benzene rings is 1. The number of aromatic nitrogens is 2. The molecule has 0 atom stereocenters. The van der Waals surface area contributed by atoms with Gasteiger partial charge in [0.15, 0.2) is 5.82 Å². The number of para-hydroxylation sites is 1. The van der Waals surface area contributed by atoms with Crippen LogP contribution in [0.4, 0.5) is 23.8 Å². The Bertz CT molecular complexity index is 674. The third-order valence-electron chi connectivity index (χ3n) is 2.69. The monoisotopic (exact) mass is 313 g/mol. The summed E-state index contributed by atoms with van der Waals surface area (Å²) >= 11 is 0. The first-order valence-electron chi connectivity index (χ1n) is 6.55. The molecule has 1 aromatic carbocycles. The number of halogens is 3. The van der Waals surface area contributed by atoms with Crippen LogP contribution in [0.25, 0.3) is 10.9 Å². The topological polar surface area (TPSA) is 78.9 Å². The lowest BCUT2D eigenvalue weighted by molar-refractivity contribution is -0.144. The predicted octanol–water partition coefficient (Wildman–Crippen LogP) is 2.68. The number of fused-ring (bicyclic) bond motifs is 1. The fourth-order valence-corrected chi connectivity index (χ4v) is 1.70. The highest BCUT2D eigenvalue weighted by molar-refractivity contribution is 5.89. The van der Waals surface area contributed by atoms with Gasteiger partial charge in [0.2, 0.25) is 5.82 Å². The molecule has 0 radical (unpaired) electrons. The second kappa shape index (κ2) is 6.46. The molecule has 0 aliphatic rings. The number of hydrazine groups is 1. The number of nitrogens with zero attached hydrogens (tertiary/aromatic N) is 2. The standard InChI is InChI=1S/C13H14F3N5O/c1-2-7-17-12(22)21-20-10-8-5-3-4-6-9(8)18-11(19-10)13(14,15)16/h3-6H,2,7H2,1H3,(H2,17,21,22)(H,18,19,20). The zero-order chi connectivity index (χ0) is 16.2. The van der Waals surface area contributed by atoms with Crippen molar-refractivity contribution in [2.45, 2.75) is 19.5 Å². The molecule has 0 bridgehead atoms. The van der Waals surface area contributed by atoms with E-state index in [0.29, 0.717) is 11.9 Å². The Kier molecular flexibility index (Phi) is 4.64. The summed E-state index contributed by atoms with van der Waals surface area (Å²) in [5, 5.41) is 2.88. The molecular weight excluding hydrogens is 299 g/mol. The molecule has 1 heterocycles. The van der Waals surface area contributed by atoms with E-state index in [2.05, 4.69) is 26.1 Å². The summed E-state index contributed by atoms with van der Waals surface area (Å²) in [5.74, 6) is -1.39. The van der Waals surface area contributed by atoms with Gasteiger partial charge in [0.1, 0.15) is 0 Å². The summed E-state index contributed by atoms with van der Waals surface area (Å²) in [7, 11) is 0. The van der Waals surface area contributed by atoms with E-state index in [1.54, 1.807) is 18.2 Å². The Balaban J connectivity index is 2.29. The van der Waals surface area contributed by atoms with E-state index in [-0.39, 0.29) is 11.3 Å². The van der Waals surface area contributed by atoms with E-state index in [4.69, 9.17) is 0 Å². The number of nitrogens with one attached hydrogen (secondary N) is 3. The fraction of sp³-hybridized carbons (Fsp3) is 0.308. The average Bonchev–Trinajstić information content (AvgIpc) is 2.49. The molecule has 0 fully saturated rings. The second-order valence-corrected chi connectivity index (χ2v) is 4.42. The van der Waals surface area contributed by atoms with Gasteiger partial charge in [-0.05, 0) is 18.6 Å². The van der Waals surface area contributed by atoms with Crippen LogP contribution in [0.15, 0.2) is 24.3 Å². The first kappa shape index (κ1) is 15.8. The first-order valence-corrected chi connectivity index (χ1v) is 6.55. The maximum Gasteiger partial charge on any atom is 0.451 e. The van der Waals surface area contributed by atoms with Gasteiger partial charge in [-0.25, -0.2) is 14.8 Å². The molecule has 6 nitrogen and oxygen atoms in total. The van der Waals surface area contributed by atoms with Gasteiger partial charge in [0, 0.05) is 11.9 Å². The normalized spacial score (nSPS) is 11.3. The maximum absolute atomic E-state index is 12.8. The molecule has 2 aromatic rings. The van der Waals surface area contributed by atoms with E-state index in [1.807, 2.05) is 6.92 Å². The summed E-state index contributed by atoms with van der Waals surface area (Å²) in [5.41, 5.74) is 4.77. The van der Waals surface area contributed by atoms with Crippen LogP contribution in [0.1, 0.15) is 19.2 Å². The summed E-state index contributed by atoms with van der Waals surface area (Å²) in [6.07, 6.45) is -3.94. The number of anilines is 1. The average molecular weight is 313 g/mol. The Morgan fingerprint density at radius 1 is 1.23 bits per heavy atom. The van der Waals surface area contributed by atoms with Gasteiger partial charge in [-0.3, -0.25) is 10.9 Å². The number of carbonyl (C=O) groups excluding carboxylic acids is 1. The molecule has 0 aliphatic heterocycles. The number of hydrogen-bond acceptors (Lipinski definition) is 4. The highest BCUT2D eigenvalue weighted by Crippen LogP contribution is 2.29. The molecule has 22 heavy (non-hydrogen) atoms. The Morgan fingerprint density at radius 2 is 1.95 bits per heavy atom. The van der Waals surface area contributed by atoms with Crippen molar-refractivity contribution in [3.8, 4) is 0 Å². The molecule has 3 N–H and O–H groups in total. The molecule has 0 unspecified atom stereocenters. The minimum Gasteiger partial charge on any atom is -0.337 e. The summed E-state index contributed by atoms with van der Waals surface area (Å²) in [6.45, 7) is 2.33. The number of urea groups is 1. The van der Waals surface area contributed by atoms with E-state index >= 15 is 0 Å². The highest BCUT2D eigenvalue weighted by Gasteiger charge is 2.35. The lowest BCUT2D eigenvalue weighted by Crippen LogP contribution is -2.39. The second-order valence-electron chi connectivity index (χ2n) is 4.42. The Morgan fingerprint density at radius 3 is 2.64 bits per heavy atom. The summed E-state index contributed by atoms with van der Waals surface area (Å²) in [4.78, 5) is 18.4. The SMILES string of the molecule is CCCNC(=O)NNc1nc(C(F)(F)F)nc2ccccc12. The third kappa shape index (κ3) is 3.74. The van der Waals surface area contributed by atoms with E-state index < -0.39 is 18.0 Å². The van der Waals surface area contributed by atoms with Gasteiger partial charge >= 0.3 is 12.2 Å². The smallest absolute Gasteiger partial charge is 0.337 e. The van der Waals surface area contributed by atoms with Crippen molar-refractivity contribution in [3.05, 3.63) is 30.1 Å². The molecule has 118 valence electrons. The van der Waals surface area contributed by atoms with E-state index in [9.17, 15) is 18.0 Å². The summed E-state index contributed by atoms with van der Waals surface area (Å²) < 4.78 is 38.4. The van der Waals surface area contributed by atoms with Gasteiger partial charge in [-0.2, -0.15) is 13.2 Å². The Hall–Kier alpha value is -2.58. The summed E-state index contributed by atoms with van der Waals surface area (Å²) in [6, 6.07) is 5.65. The number of hydrogen-bond donors (Lipinski definition) is 3. The molecule has 0 saturated carbocycles. The van der Waals surface area contributed by atoms with Crippen LogP contribution in [-0.2, 0) is 6.18 Å². The van der Waals surface area contributed by atoms with Crippen molar-refractivity contribution in [2.24, 2.45) is 0 Å². The van der Waals surface area contributed by atoms with Crippen LogP contribution in [0.3, 0.4) is 0 Å². The predicted molar refractivity (Wildman–Crippen MR) is 75.0 cm³/mol. The van der Waals surface area contributed by atoms with Gasteiger partial charge in [0.25, 0.3) is 0 Å². The van der Waals surface area contributed by atoms with Gasteiger partial charge in [-0.1, -0.05) is 19.1 Å². The molecule has 0 aliphatic carbocycles. The third-order valence-corrected chi connectivity index (χ3v) is 2.69. The van der Waals surface area contributed by atoms with E-state index in [0.717, 1.165) is 6.42 Å². The van der Waals surface area contributed by atoms with Crippen molar-refractivity contribution in [1.82, 2.24) is 20.7 Å². The van der Waals surface area contributed by atoms with Crippen LogP contribution < -0.4 is 16.2 Å². The van der Waals surface area contributed by atoms with Crippen molar-refractivity contribution < 1.29 is 18.0 Å². The Labute approximate surface area is 124 Å². The van der Waals surface area contributed by atoms with Gasteiger partial charge in [0.05, 0.1) is 5.52 Å². The number of alkyl halides is 3. The van der Waals surface area contributed by atoms with E-state index in [1.165, 1.54) is 6.07 Å². The highest BCUT2D eigenvalue weighted by atomic mass is 19.4. The lowest BCUT2D eigenvalue weighted by Gasteiger charge is -2.13. The minimum absolute atomic E-state index is 0.121. The fourth-order valence-electron chi connectivity index (χ4n) is 1.70. The molecule has 0 spiro atoms. The minimum atomic E-state index is -4.68. The van der Waals surface area contributed by atoms with Gasteiger partial charge in [-0.15, -0.1) is 0 Å². The molecule has 2 amide bonds. The van der Waals surface area contributed by atoms with Crippen LogP contribution in [-0.4, -0.2) is 22.5 Å². The quantitative estimate of drug-likeness (QED) is 0.758. The zero-order valence-corrected chi connectivity index (χ0v) is 11.7. The molecule has 2 rings (SSSR count). The van der Waals surface area contributed by atoms with Crippen molar-refractivity contribution in [3.63, 3.8) is 0 Å². The maximum atomic E-state index is 12.8. The van der Waals surface area contributed by atoms with Gasteiger partial charge < -0.3 is 5.32 Å². The van der Waals surface area contributed by atoms with Crippen molar-refractivity contribution in [2.75, 3.05) is 12.0 Å². The zero-order valence-electron chi connectivity index (χ0n) is 11.7. The number of carbonyl (C=O) groups is 1.